The lowest BCUT2D eigenvalue weighted by molar-refractivity contribution is 0.302. The molecule has 0 bridgehead atoms. The summed E-state index contributed by atoms with van der Waals surface area (Å²) in [7, 11) is 0. The Hall–Kier alpha value is -1.45. The van der Waals surface area contributed by atoms with Crippen LogP contribution in [0, 0.1) is 0 Å². The fourth-order valence-electron chi connectivity index (χ4n) is 2.32. The molecule has 0 amide bonds. The predicted octanol–water partition coefficient (Wildman–Crippen LogP) is 2.67. The molecule has 0 radical (unpaired) electrons. The van der Waals surface area contributed by atoms with E-state index < -0.39 is 0 Å². The number of fused-ring (bicyclic) bond motifs is 1. The van der Waals surface area contributed by atoms with E-state index in [1.54, 1.807) is 0 Å². The molecule has 0 saturated carbocycles. The third kappa shape index (κ3) is 3.75. The monoisotopic (exact) mass is 257 g/mol. The number of hydrogen-bond donors (Lipinski definition) is 1. The van der Waals surface area contributed by atoms with Crippen LogP contribution in [0.3, 0.4) is 0 Å². The highest BCUT2D eigenvalue weighted by Crippen LogP contribution is 2.16. The van der Waals surface area contributed by atoms with Gasteiger partial charge in [-0.2, -0.15) is 0 Å². The minimum Gasteiger partial charge on any atom is -0.311 e. The van der Waals surface area contributed by atoms with E-state index in [0.29, 0.717) is 0 Å². The van der Waals surface area contributed by atoms with Gasteiger partial charge in [-0.15, -0.1) is 0 Å². The van der Waals surface area contributed by atoms with Crippen molar-refractivity contribution in [3.63, 3.8) is 0 Å². The van der Waals surface area contributed by atoms with Crippen molar-refractivity contribution < 1.29 is 0 Å². The van der Waals surface area contributed by atoms with Crippen LogP contribution < -0.4 is 5.32 Å². The van der Waals surface area contributed by atoms with Crippen molar-refractivity contribution in [2.45, 2.75) is 20.4 Å². The Bertz CT molecular complexity index is 501. The van der Waals surface area contributed by atoms with Gasteiger partial charge in [-0.3, -0.25) is 4.98 Å². The molecule has 1 heterocycles. The largest absolute Gasteiger partial charge is 0.311 e. The van der Waals surface area contributed by atoms with Crippen LogP contribution in [-0.4, -0.2) is 36.1 Å². The first-order chi connectivity index (χ1) is 9.35. The van der Waals surface area contributed by atoms with Gasteiger partial charge in [-0.05, 0) is 24.0 Å². The first kappa shape index (κ1) is 14.0. The van der Waals surface area contributed by atoms with Crippen LogP contribution in [0.4, 0.5) is 0 Å². The SMILES string of the molecule is CCN(CC)CCNCc1cncc2ccccc12. The summed E-state index contributed by atoms with van der Waals surface area (Å²) in [5.41, 5.74) is 1.28. The van der Waals surface area contributed by atoms with Gasteiger partial charge in [-0.25, -0.2) is 0 Å². The highest BCUT2D eigenvalue weighted by atomic mass is 15.1. The van der Waals surface area contributed by atoms with Gasteiger partial charge in [0.1, 0.15) is 0 Å². The molecule has 0 atom stereocenters. The lowest BCUT2D eigenvalue weighted by atomic mass is 10.1. The molecule has 0 saturated heterocycles. The molecule has 0 unspecified atom stereocenters. The fraction of sp³-hybridized carbons (Fsp3) is 0.438. The summed E-state index contributed by atoms with van der Waals surface area (Å²) in [5.74, 6) is 0. The smallest absolute Gasteiger partial charge is 0.0346 e. The Morgan fingerprint density at radius 1 is 1.11 bits per heavy atom. The minimum absolute atomic E-state index is 0.885. The molecule has 2 rings (SSSR count). The van der Waals surface area contributed by atoms with Gasteiger partial charge in [0, 0.05) is 37.4 Å². The van der Waals surface area contributed by atoms with Crippen LogP contribution in [-0.2, 0) is 6.54 Å². The van der Waals surface area contributed by atoms with Crippen molar-refractivity contribution in [3.05, 3.63) is 42.2 Å². The molecular weight excluding hydrogens is 234 g/mol. The van der Waals surface area contributed by atoms with Gasteiger partial charge in [0.15, 0.2) is 0 Å². The van der Waals surface area contributed by atoms with Crippen LogP contribution in [0.5, 0.6) is 0 Å². The Morgan fingerprint density at radius 3 is 2.68 bits per heavy atom. The maximum atomic E-state index is 4.31. The van der Waals surface area contributed by atoms with Crippen LogP contribution in [0.15, 0.2) is 36.7 Å². The molecule has 1 N–H and O–H groups in total. The molecule has 3 nitrogen and oxygen atoms in total. The Balaban J connectivity index is 1.91. The van der Waals surface area contributed by atoms with E-state index >= 15 is 0 Å². The van der Waals surface area contributed by atoms with Crippen molar-refractivity contribution >= 4 is 10.8 Å². The number of benzene rings is 1. The molecule has 1 aromatic carbocycles. The first-order valence-electron chi connectivity index (χ1n) is 7.09. The highest BCUT2D eigenvalue weighted by Gasteiger charge is 2.01. The average Bonchev–Trinajstić information content (AvgIpc) is 2.47. The average molecular weight is 257 g/mol. The lowest BCUT2D eigenvalue weighted by Gasteiger charge is -2.18. The molecule has 1 aromatic heterocycles. The Morgan fingerprint density at radius 2 is 1.89 bits per heavy atom. The zero-order valence-corrected chi connectivity index (χ0v) is 11.9. The molecule has 0 aliphatic heterocycles. The molecule has 3 heteroatoms. The van der Waals surface area contributed by atoms with E-state index in [1.165, 1.54) is 16.3 Å². The number of rotatable bonds is 7. The van der Waals surface area contributed by atoms with Gasteiger partial charge in [-0.1, -0.05) is 38.1 Å². The second-order valence-electron chi connectivity index (χ2n) is 4.72. The third-order valence-corrected chi connectivity index (χ3v) is 3.57. The second-order valence-corrected chi connectivity index (χ2v) is 4.72. The number of hydrogen-bond acceptors (Lipinski definition) is 3. The lowest BCUT2D eigenvalue weighted by Crippen LogP contribution is -2.31. The van der Waals surface area contributed by atoms with Gasteiger partial charge < -0.3 is 10.2 Å². The third-order valence-electron chi connectivity index (χ3n) is 3.57. The molecule has 0 aliphatic carbocycles. The molecular formula is C16H23N3. The van der Waals surface area contributed by atoms with E-state index in [9.17, 15) is 0 Å². The van der Waals surface area contributed by atoms with Gasteiger partial charge in [0.2, 0.25) is 0 Å². The van der Waals surface area contributed by atoms with Crippen LogP contribution in [0.2, 0.25) is 0 Å². The van der Waals surface area contributed by atoms with Crippen molar-refractivity contribution in [2.24, 2.45) is 0 Å². The number of nitrogens with zero attached hydrogens (tertiary/aromatic N) is 2. The first-order valence-corrected chi connectivity index (χ1v) is 7.09. The Labute approximate surface area is 115 Å². The van der Waals surface area contributed by atoms with E-state index in [1.807, 2.05) is 12.4 Å². The number of pyridine rings is 1. The van der Waals surface area contributed by atoms with Gasteiger partial charge in [0.25, 0.3) is 0 Å². The van der Waals surface area contributed by atoms with Gasteiger partial charge in [0.05, 0.1) is 0 Å². The van der Waals surface area contributed by atoms with Crippen molar-refractivity contribution in [3.8, 4) is 0 Å². The van der Waals surface area contributed by atoms with Crippen molar-refractivity contribution in [1.29, 1.82) is 0 Å². The molecule has 0 aliphatic rings. The molecule has 19 heavy (non-hydrogen) atoms. The van der Waals surface area contributed by atoms with E-state index in [-0.39, 0.29) is 0 Å². The Kier molecular flexibility index (Phi) is 5.31. The van der Waals surface area contributed by atoms with Crippen LogP contribution >= 0.6 is 0 Å². The van der Waals surface area contributed by atoms with E-state index in [0.717, 1.165) is 32.7 Å². The van der Waals surface area contributed by atoms with Crippen LogP contribution in [0.1, 0.15) is 19.4 Å². The minimum atomic E-state index is 0.885. The quantitative estimate of drug-likeness (QED) is 0.773. The zero-order valence-electron chi connectivity index (χ0n) is 11.9. The summed E-state index contributed by atoms with van der Waals surface area (Å²) < 4.78 is 0. The summed E-state index contributed by atoms with van der Waals surface area (Å²) in [6.07, 6.45) is 3.89. The number of nitrogens with one attached hydrogen (secondary N) is 1. The normalized spacial score (nSPS) is 11.3. The van der Waals surface area contributed by atoms with Crippen molar-refractivity contribution in [2.75, 3.05) is 26.2 Å². The summed E-state index contributed by atoms with van der Waals surface area (Å²) in [6.45, 7) is 9.66. The van der Waals surface area contributed by atoms with E-state index in [4.69, 9.17) is 0 Å². The maximum absolute atomic E-state index is 4.31. The summed E-state index contributed by atoms with van der Waals surface area (Å²) in [6, 6.07) is 8.42. The van der Waals surface area contributed by atoms with E-state index in [2.05, 4.69) is 53.3 Å². The second kappa shape index (κ2) is 7.22. The maximum Gasteiger partial charge on any atom is 0.0346 e. The zero-order chi connectivity index (χ0) is 13.5. The van der Waals surface area contributed by atoms with Crippen LogP contribution in [0.25, 0.3) is 10.8 Å². The van der Waals surface area contributed by atoms with Gasteiger partial charge >= 0.3 is 0 Å². The number of likely N-dealkylation sites (N-methyl/N-ethyl adjacent to an activating group) is 1. The summed E-state index contributed by atoms with van der Waals surface area (Å²) in [5, 5.41) is 6.02. The van der Waals surface area contributed by atoms with Crippen molar-refractivity contribution in [1.82, 2.24) is 15.2 Å². The highest BCUT2D eigenvalue weighted by molar-refractivity contribution is 5.84. The topological polar surface area (TPSA) is 28.2 Å². The standard InChI is InChI=1S/C16H23N3/c1-3-19(4-2)10-9-17-12-15-13-18-11-14-7-5-6-8-16(14)15/h5-8,11,13,17H,3-4,9-10,12H2,1-2H3. The molecule has 102 valence electrons. The summed E-state index contributed by atoms with van der Waals surface area (Å²) >= 11 is 0. The molecule has 0 fully saturated rings. The predicted molar refractivity (Wildman–Crippen MR) is 81.2 cm³/mol. The summed E-state index contributed by atoms with van der Waals surface area (Å²) in [4.78, 5) is 6.73. The molecule has 0 spiro atoms. The molecule has 2 aromatic rings. The fourth-order valence-corrected chi connectivity index (χ4v) is 2.32. The number of aromatic nitrogens is 1.